The Bertz CT molecular complexity index is 1140. The van der Waals surface area contributed by atoms with E-state index in [0.717, 1.165) is 5.56 Å². The number of H-pyrrole nitrogens is 1. The molecule has 0 aliphatic rings. The number of rotatable bonds is 5. The molecular formula is C19H20N6O2. The van der Waals surface area contributed by atoms with Crippen molar-refractivity contribution in [2.75, 3.05) is 0 Å². The van der Waals surface area contributed by atoms with Crippen LogP contribution in [0.4, 0.5) is 0 Å². The van der Waals surface area contributed by atoms with Gasteiger partial charge in [-0.25, -0.2) is 9.97 Å². The number of benzene rings is 1. The predicted molar refractivity (Wildman–Crippen MR) is 99.6 cm³/mol. The third kappa shape index (κ3) is 3.25. The quantitative estimate of drug-likeness (QED) is 0.584. The Labute approximate surface area is 155 Å². The predicted octanol–water partition coefficient (Wildman–Crippen LogP) is 2.68. The number of fused-ring (bicyclic) bond motifs is 1. The van der Waals surface area contributed by atoms with E-state index in [9.17, 15) is 4.79 Å². The summed E-state index contributed by atoms with van der Waals surface area (Å²) in [5.41, 5.74) is 3.29. The largest absolute Gasteiger partial charge is 0.339 e. The third-order valence-electron chi connectivity index (χ3n) is 4.63. The summed E-state index contributed by atoms with van der Waals surface area (Å²) in [6.07, 6.45) is 2.38. The lowest BCUT2D eigenvalue weighted by Gasteiger charge is -2.04. The Morgan fingerprint density at radius 2 is 1.93 bits per heavy atom. The van der Waals surface area contributed by atoms with Gasteiger partial charge in [0.25, 0.3) is 11.3 Å². The topological polar surface area (TPSA) is 102 Å². The first kappa shape index (κ1) is 17.1. The van der Waals surface area contributed by atoms with E-state index in [4.69, 9.17) is 4.52 Å². The molecule has 8 heteroatoms. The summed E-state index contributed by atoms with van der Waals surface area (Å²) in [7, 11) is 0. The molecule has 4 aromatic rings. The van der Waals surface area contributed by atoms with Crippen molar-refractivity contribution < 1.29 is 4.52 Å². The van der Waals surface area contributed by atoms with Crippen LogP contribution in [0.15, 0.2) is 39.9 Å². The van der Waals surface area contributed by atoms with Crippen LogP contribution in [-0.2, 0) is 12.8 Å². The lowest BCUT2D eigenvalue weighted by molar-refractivity contribution is 0.378. The second-order valence-corrected chi connectivity index (χ2v) is 6.79. The molecule has 27 heavy (non-hydrogen) atoms. The van der Waals surface area contributed by atoms with Crippen molar-refractivity contribution >= 4 is 5.78 Å². The molecule has 1 aromatic carbocycles. The fraction of sp³-hybridized carbons (Fsp3) is 0.316. The van der Waals surface area contributed by atoms with Crippen LogP contribution in [0.2, 0.25) is 0 Å². The van der Waals surface area contributed by atoms with E-state index in [2.05, 4.69) is 51.2 Å². The molecule has 0 atom stereocenters. The summed E-state index contributed by atoms with van der Waals surface area (Å²) >= 11 is 0. The Morgan fingerprint density at radius 1 is 1.15 bits per heavy atom. The number of nitrogens with one attached hydrogen (secondary N) is 1. The Kier molecular flexibility index (Phi) is 4.31. The lowest BCUT2D eigenvalue weighted by atomic mass is 10.0. The van der Waals surface area contributed by atoms with Crippen molar-refractivity contribution in [1.29, 1.82) is 0 Å². The molecule has 0 saturated carbocycles. The zero-order valence-corrected chi connectivity index (χ0v) is 15.4. The highest BCUT2D eigenvalue weighted by atomic mass is 16.5. The minimum Gasteiger partial charge on any atom is -0.339 e. The van der Waals surface area contributed by atoms with Gasteiger partial charge < -0.3 is 4.52 Å². The van der Waals surface area contributed by atoms with Gasteiger partial charge >= 0.3 is 0 Å². The summed E-state index contributed by atoms with van der Waals surface area (Å²) in [5, 5.41) is 6.83. The van der Waals surface area contributed by atoms with Crippen LogP contribution in [0.5, 0.6) is 0 Å². The molecule has 138 valence electrons. The van der Waals surface area contributed by atoms with E-state index >= 15 is 0 Å². The van der Waals surface area contributed by atoms with Gasteiger partial charge in [-0.05, 0) is 24.8 Å². The molecular weight excluding hydrogens is 344 g/mol. The first-order valence-electron chi connectivity index (χ1n) is 8.87. The fourth-order valence-corrected chi connectivity index (χ4v) is 3.01. The molecule has 1 N–H and O–H groups in total. The number of aryl methyl sites for hydroxylation is 2. The monoisotopic (exact) mass is 364 g/mol. The van der Waals surface area contributed by atoms with Gasteiger partial charge in [0.2, 0.25) is 11.7 Å². The summed E-state index contributed by atoms with van der Waals surface area (Å²) in [4.78, 5) is 25.3. The zero-order valence-electron chi connectivity index (χ0n) is 15.4. The maximum Gasteiger partial charge on any atom is 0.277 e. The van der Waals surface area contributed by atoms with E-state index in [1.54, 1.807) is 6.92 Å². The Hall–Kier alpha value is -3.29. The number of hydrogen-bond acceptors (Lipinski definition) is 6. The van der Waals surface area contributed by atoms with E-state index in [1.807, 2.05) is 12.1 Å². The molecule has 3 aromatic heterocycles. The lowest BCUT2D eigenvalue weighted by Crippen LogP contribution is -2.22. The molecule has 8 nitrogen and oxygen atoms in total. The molecule has 0 saturated heterocycles. The van der Waals surface area contributed by atoms with Gasteiger partial charge in [-0.3, -0.25) is 9.89 Å². The highest BCUT2D eigenvalue weighted by Crippen LogP contribution is 2.20. The highest BCUT2D eigenvalue weighted by Gasteiger charge is 2.14. The van der Waals surface area contributed by atoms with Gasteiger partial charge in [-0.15, -0.1) is 0 Å². The van der Waals surface area contributed by atoms with Crippen LogP contribution in [0, 0.1) is 6.92 Å². The van der Waals surface area contributed by atoms with E-state index in [1.165, 1.54) is 16.4 Å². The van der Waals surface area contributed by atoms with Crippen molar-refractivity contribution in [2.24, 2.45) is 0 Å². The Morgan fingerprint density at radius 3 is 2.67 bits per heavy atom. The van der Waals surface area contributed by atoms with Gasteiger partial charge in [0, 0.05) is 17.5 Å². The molecule has 0 fully saturated rings. The summed E-state index contributed by atoms with van der Waals surface area (Å²) in [6.45, 7) is 6.11. The minimum absolute atomic E-state index is 0.154. The molecule has 0 aliphatic heterocycles. The second-order valence-electron chi connectivity index (χ2n) is 6.79. The molecule has 4 rings (SSSR count). The SMILES string of the molecule is Cc1nc2nc[nH]n2c(=O)c1CCc1nc(-c2ccc(C(C)C)cc2)no1. The fourth-order valence-electron chi connectivity index (χ4n) is 3.01. The minimum atomic E-state index is -0.154. The number of hydrogen-bond donors (Lipinski definition) is 1. The molecule has 0 aliphatic carbocycles. The summed E-state index contributed by atoms with van der Waals surface area (Å²) < 4.78 is 6.69. The van der Waals surface area contributed by atoms with Crippen molar-refractivity contribution in [3.63, 3.8) is 0 Å². The van der Waals surface area contributed by atoms with Crippen LogP contribution < -0.4 is 5.56 Å². The zero-order chi connectivity index (χ0) is 19.0. The number of aromatic amines is 1. The first-order valence-corrected chi connectivity index (χ1v) is 8.87. The maximum absolute atomic E-state index is 12.5. The van der Waals surface area contributed by atoms with E-state index in [0.29, 0.717) is 47.5 Å². The average molecular weight is 364 g/mol. The third-order valence-corrected chi connectivity index (χ3v) is 4.63. The number of aromatic nitrogens is 6. The molecule has 0 amide bonds. The van der Waals surface area contributed by atoms with Gasteiger partial charge in [0.1, 0.15) is 6.33 Å². The average Bonchev–Trinajstić information content (AvgIpc) is 3.31. The van der Waals surface area contributed by atoms with Gasteiger partial charge in [-0.1, -0.05) is 43.3 Å². The van der Waals surface area contributed by atoms with Crippen LogP contribution in [-0.4, -0.2) is 29.7 Å². The van der Waals surface area contributed by atoms with Gasteiger partial charge in [0.15, 0.2) is 0 Å². The van der Waals surface area contributed by atoms with Crippen molar-refractivity contribution in [3.05, 3.63) is 63.7 Å². The number of nitrogens with zero attached hydrogens (tertiary/aromatic N) is 5. The first-order chi connectivity index (χ1) is 13.0. The second kappa shape index (κ2) is 6.79. The molecule has 0 bridgehead atoms. The van der Waals surface area contributed by atoms with Crippen LogP contribution in [0.25, 0.3) is 17.2 Å². The summed E-state index contributed by atoms with van der Waals surface area (Å²) in [6, 6.07) is 8.14. The van der Waals surface area contributed by atoms with Crippen LogP contribution in [0.3, 0.4) is 0 Å². The Balaban J connectivity index is 1.53. The van der Waals surface area contributed by atoms with Gasteiger partial charge in [0.05, 0.1) is 5.69 Å². The molecule has 0 spiro atoms. The van der Waals surface area contributed by atoms with Crippen LogP contribution >= 0.6 is 0 Å². The maximum atomic E-state index is 12.5. The van der Waals surface area contributed by atoms with Gasteiger partial charge in [-0.2, -0.15) is 9.50 Å². The summed E-state index contributed by atoms with van der Waals surface area (Å²) in [5.74, 6) is 1.89. The normalized spacial score (nSPS) is 11.6. The molecule has 0 unspecified atom stereocenters. The van der Waals surface area contributed by atoms with E-state index in [-0.39, 0.29) is 5.56 Å². The standard InChI is InChI=1S/C19H20N6O2/c1-11(2)13-4-6-14(7-5-13)17-23-16(27-24-17)9-8-15-12(3)22-19-20-10-21-25(19)18(15)26/h4-7,10-11H,8-9H2,1-3H3,(H,20,21,22). The molecule has 3 heterocycles. The van der Waals surface area contributed by atoms with Crippen molar-refractivity contribution in [2.45, 2.75) is 39.5 Å². The van der Waals surface area contributed by atoms with Crippen molar-refractivity contribution in [3.8, 4) is 11.4 Å². The van der Waals surface area contributed by atoms with E-state index < -0.39 is 0 Å². The van der Waals surface area contributed by atoms with Crippen molar-refractivity contribution in [1.82, 2.24) is 29.7 Å². The van der Waals surface area contributed by atoms with Crippen LogP contribution in [0.1, 0.15) is 42.5 Å². The smallest absolute Gasteiger partial charge is 0.277 e. The highest BCUT2D eigenvalue weighted by molar-refractivity contribution is 5.54. The molecule has 0 radical (unpaired) electrons.